The molecule has 1 aromatic carbocycles. The van der Waals surface area contributed by atoms with Gasteiger partial charge in [-0.25, -0.2) is 4.98 Å². The van der Waals surface area contributed by atoms with Gasteiger partial charge in [0, 0.05) is 42.1 Å². The van der Waals surface area contributed by atoms with Crippen molar-refractivity contribution in [1.29, 1.82) is 0 Å². The number of fused-ring (bicyclic) bond motifs is 1. The highest BCUT2D eigenvalue weighted by molar-refractivity contribution is 6.08. The van der Waals surface area contributed by atoms with E-state index < -0.39 is 5.60 Å². The average molecular weight is 441 g/mol. The van der Waals surface area contributed by atoms with Crippen molar-refractivity contribution in [3.05, 3.63) is 88.6 Å². The molecule has 1 aliphatic rings. The summed E-state index contributed by atoms with van der Waals surface area (Å²) in [6.07, 6.45) is 8.16. The number of aliphatic hydroxyl groups is 1. The van der Waals surface area contributed by atoms with Gasteiger partial charge in [0.25, 0.3) is 5.91 Å². The molecule has 3 aromatic heterocycles. The van der Waals surface area contributed by atoms with Gasteiger partial charge in [-0.1, -0.05) is 12.1 Å². The third kappa shape index (κ3) is 3.91. The molecule has 7 nitrogen and oxygen atoms in total. The number of amides is 1. The van der Waals surface area contributed by atoms with Crippen LogP contribution in [-0.4, -0.2) is 32.0 Å². The SMILES string of the molecule is CC(C)(O)c1cnccc1-c1cccc(N(C(=O)c2c[nH]c3ncccc3c2=O)C2CC2)c1. The average Bonchev–Trinajstić information content (AvgIpc) is 3.64. The van der Waals surface area contributed by atoms with Gasteiger partial charge in [-0.15, -0.1) is 0 Å². The number of H-pyrrole nitrogens is 1. The summed E-state index contributed by atoms with van der Waals surface area (Å²) in [7, 11) is 0. The smallest absolute Gasteiger partial charge is 0.264 e. The number of anilines is 1. The van der Waals surface area contributed by atoms with Gasteiger partial charge in [-0.3, -0.25) is 14.6 Å². The molecule has 3 heterocycles. The highest BCUT2D eigenvalue weighted by atomic mass is 16.3. The quantitative estimate of drug-likeness (QED) is 0.488. The number of pyridine rings is 3. The molecule has 1 fully saturated rings. The van der Waals surface area contributed by atoms with E-state index in [0.717, 1.165) is 24.0 Å². The normalized spacial score (nSPS) is 13.8. The van der Waals surface area contributed by atoms with E-state index in [1.807, 2.05) is 30.3 Å². The fourth-order valence-corrected chi connectivity index (χ4v) is 4.13. The maximum Gasteiger partial charge on any atom is 0.264 e. The first-order valence-electron chi connectivity index (χ1n) is 10.9. The summed E-state index contributed by atoms with van der Waals surface area (Å²) in [6.45, 7) is 3.44. The Morgan fingerprint density at radius 3 is 2.73 bits per heavy atom. The molecule has 0 atom stereocenters. The Kier molecular flexibility index (Phi) is 5.06. The van der Waals surface area contributed by atoms with Crippen molar-refractivity contribution in [3.63, 3.8) is 0 Å². The topological polar surface area (TPSA) is 99.2 Å². The van der Waals surface area contributed by atoms with Gasteiger partial charge in [-0.2, -0.15) is 0 Å². The fraction of sp³-hybridized carbons (Fsp3) is 0.231. The van der Waals surface area contributed by atoms with Crippen molar-refractivity contribution in [1.82, 2.24) is 15.0 Å². The monoisotopic (exact) mass is 440 g/mol. The highest BCUT2D eigenvalue weighted by Gasteiger charge is 2.35. The maximum absolute atomic E-state index is 13.6. The van der Waals surface area contributed by atoms with E-state index in [1.54, 1.807) is 49.5 Å². The standard InChI is InChI=1S/C26H24N4O3/c1-26(2,33)22-15-27-12-10-19(22)16-5-3-6-18(13-16)30(17-8-9-17)25(32)21-14-29-24-20(23(21)31)7-4-11-28-24/h3-7,10-15,17,33H,8-9H2,1-2H3,(H,28,29,31). The summed E-state index contributed by atoms with van der Waals surface area (Å²) in [6, 6.07) is 12.9. The molecule has 1 saturated carbocycles. The second-order valence-corrected chi connectivity index (χ2v) is 8.87. The Morgan fingerprint density at radius 2 is 1.97 bits per heavy atom. The van der Waals surface area contributed by atoms with Crippen molar-refractivity contribution < 1.29 is 9.90 Å². The second-order valence-electron chi connectivity index (χ2n) is 8.87. The van der Waals surface area contributed by atoms with E-state index in [-0.39, 0.29) is 22.9 Å². The first kappa shape index (κ1) is 21.0. The molecular formula is C26H24N4O3. The molecule has 1 aliphatic carbocycles. The lowest BCUT2D eigenvalue weighted by atomic mass is 9.91. The zero-order valence-corrected chi connectivity index (χ0v) is 18.4. The third-order valence-electron chi connectivity index (χ3n) is 5.93. The highest BCUT2D eigenvalue weighted by Crippen LogP contribution is 2.37. The summed E-state index contributed by atoms with van der Waals surface area (Å²) in [4.78, 5) is 39.7. The number of aromatic amines is 1. The minimum atomic E-state index is -1.07. The zero-order chi connectivity index (χ0) is 23.2. The summed E-state index contributed by atoms with van der Waals surface area (Å²) in [5.74, 6) is -0.334. The fourth-order valence-electron chi connectivity index (χ4n) is 4.13. The molecule has 0 radical (unpaired) electrons. The first-order valence-corrected chi connectivity index (χ1v) is 10.9. The molecule has 166 valence electrons. The lowest BCUT2D eigenvalue weighted by Crippen LogP contribution is -2.36. The number of hydrogen-bond donors (Lipinski definition) is 2. The van der Waals surface area contributed by atoms with E-state index in [4.69, 9.17) is 0 Å². The van der Waals surface area contributed by atoms with Crippen LogP contribution in [0.1, 0.15) is 42.6 Å². The maximum atomic E-state index is 13.6. The van der Waals surface area contributed by atoms with Crippen LogP contribution >= 0.6 is 0 Å². The zero-order valence-electron chi connectivity index (χ0n) is 18.4. The van der Waals surface area contributed by atoms with E-state index in [2.05, 4.69) is 15.0 Å². The number of nitrogens with zero attached hydrogens (tertiary/aromatic N) is 3. The van der Waals surface area contributed by atoms with Crippen molar-refractivity contribution >= 4 is 22.6 Å². The van der Waals surface area contributed by atoms with Gasteiger partial charge >= 0.3 is 0 Å². The third-order valence-corrected chi connectivity index (χ3v) is 5.93. The molecule has 4 aromatic rings. The number of carbonyl (C=O) groups excluding carboxylic acids is 1. The van der Waals surface area contributed by atoms with Gasteiger partial charge in [0.15, 0.2) is 0 Å². The molecule has 0 unspecified atom stereocenters. The van der Waals surface area contributed by atoms with Crippen molar-refractivity contribution in [3.8, 4) is 11.1 Å². The molecule has 5 rings (SSSR count). The van der Waals surface area contributed by atoms with Crippen LogP contribution in [0, 0.1) is 0 Å². The Morgan fingerprint density at radius 1 is 1.15 bits per heavy atom. The van der Waals surface area contributed by atoms with Crippen LogP contribution in [0.5, 0.6) is 0 Å². The molecule has 0 saturated heterocycles. The number of rotatable bonds is 5. The van der Waals surface area contributed by atoms with Crippen LogP contribution in [-0.2, 0) is 5.60 Å². The van der Waals surface area contributed by atoms with Crippen LogP contribution in [0.15, 0.2) is 72.0 Å². The van der Waals surface area contributed by atoms with E-state index in [9.17, 15) is 14.7 Å². The second kappa shape index (κ2) is 7.94. The van der Waals surface area contributed by atoms with Gasteiger partial charge in [0.2, 0.25) is 5.43 Å². The van der Waals surface area contributed by atoms with E-state index in [1.165, 1.54) is 6.20 Å². The van der Waals surface area contributed by atoms with Crippen molar-refractivity contribution in [2.75, 3.05) is 4.90 Å². The van der Waals surface area contributed by atoms with Crippen LogP contribution in [0.3, 0.4) is 0 Å². The Balaban J connectivity index is 1.59. The number of nitrogens with one attached hydrogen (secondary N) is 1. The van der Waals surface area contributed by atoms with E-state index in [0.29, 0.717) is 22.3 Å². The van der Waals surface area contributed by atoms with Crippen LogP contribution in [0.2, 0.25) is 0 Å². The number of hydrogen-bond acceptors (Lipinski definition) is 5. The lowest BCUT2D eigenvalue weighted by molar-refractivity contribution is 0.0788. The molecule has 33 heavy (non-hydrogen) atoms. The van der Waals surface area contributed by atoms with Gasteiger partial charge < -0.3 is 15.0 Å². The number of benzene rings is 1. The summed E-state index contributed by atoms with van der Waals surface area (Å²) < 4.78 is 0. The number of carbonyl (C=O) groups is 1. The van der Waals surface area contributed by atoms with Gasteiger partial charge in [0.05, 0.1) is 11.0 Å². The first-order chi connectivity index (χ1) is 15.8. The van der Waals surface area contributed by atoms with Crippen LogP contribution < -0.4 is 10.3 Å². The Labute approximate surface area is 190 Å². The molecule has 0 spiro atoms. The molecule has 0 aliphatic heterocycles. The van der Waals surface area contributed by atoms with Gasteiger partial charge in [0.1, 0.15) is 11.2 Å². The molecule has 2 N–H and O–H groups in total. The minimum Gasteiger partial charge on any atom is -0.386 e. The predicted molar refractivity (Wildman–Crippen MR) is 127 cm³/mol. The minimum absolute atomic E-state index is 0.0444. The summed E-state index contributed by atoms with van der Waals surface area (Å²) >= 11 is 0. The molecule has 7 heteroatoms. The predicted octanol–water partition coefficient (Wildman–Crippen LogP) is 4.02. The van der Waals surface area contributed by atoms with Gasteiger partial charge in [-0.05, 0) is 68.1 Å². The Hall–Kier alpha value is -3.84. The Bertz CT molecular complexity index is 1420. The lowest BCUT2D eigenvalue weighted by Gasteiger charge is -2.24. The van der Waals surface area contributed by atoms with Crippen LogP contribution in [0.4, 0.5) is 5.69 Å². The van der Waals surface area contributed by atoms with Crippen LogP contribution in [0.25, 0.3) is 22.2 Å². The largest absolute Gasteiger partial charge is 0.386 e. The van der Waals surface area contributed by atoms with Crippen molar-refractivity contribution in [2.45, 2.75) is 38.3 Å². The number of aromatic nitrogens is 3. The molecule has 0 bridgehead atoms. The molecular weight excluding hydrogens is 416 g/mol. The van der Waals surface area contributed by atoms with E-state index >= 15 is 0 Å². The summed E-state index contributed by atoms with van der Waals surface area (Å²) in [5.41, 5.74) is 2.26. The summed E-state index contributed by atoms with van der Waals surface area (Å²) in [5, 5.41) is 11.0. The molecule has 1 amide bonds. The van der Waals surface area contributed by atoms with Crippen molar-refractivity contribution in [2.24, 2.45) is 0 Å².